The summed E-state index contributed by atoms with van der Waals surface area (Å²) in [5, 5.41) is 18.6. The number of aromatic nitrogens is 2. The molecule has 0 aliphatic carbocycles. The molecular formula is C16H29Cl3N6O2. The largest absolute Gasteiger partial charge is 0.395 e. The smallest absolute Gasteiger partial charge is 0.228 e. The highest BCUT2D eigenvalue weighted by Crippen LogP contribution is 2.22. The van der Waals surface area contributed by atoms with E-state index in [1.807, 2.05) is 6.07 Å². The number of piperazine rings is 2. The Morgan fingerprint density at radius 1 is 0.778 bits per heavy atom. The second kappa shape index (κ2) is 12.1. The Bertz CT molecular complexity index is 511. The first-order valence-electron chi connectivity index (χ1n) is 8.90. The lowest BCUT2D eigenvalue weighted by molar-refractivity contribution is 0.188. The molecule has 0 spiro atoms. The zero-order valence-corrected chi connectivity index (χ0v) is 17.7. The molecule has 2 saturated heterocycles. The van der Waals surface area contributed by atoms with Gasteiger partial charge in [0.2, 0.25) is 5.95 Å². The van der Waals surface area contributed by atoms with Gasteiger partial charge in [0.05, 0.1) is 13.2 Å². The summed E-state index contributed by atoms with van der Waals surface area (Å²) < 4.78 is 0. The topological polar surface area (TPSA) is 79.2 Å². The second-order valence-electron chi connectivity index (χ2n) is 6.45. The van der Waals surface area contributed by atoms with Crippen molar-refractivity contribution >= 4 is 48.2 Å². The minimum Gasteiger partial charge on any atom is -0.395 e. The Morgan fingerprint density at radius 3 is 1.74 bits per heavy atom. The highest BCUT2D eigenvalue weighted by Gasteiger charge is 2.22. The molecule has 156 valence electrons. The lowest BCUT2D eigenvalue weighted by Crippen LogP contribution is -2.48. The van der Waals surface area contributed by atoms with Gasteiger partial charge < -0.3 is 20.0 Å². The molecule has 0 saturated carbocycles. The van der Waals surface area contributed by atoms with Crippen molar-refractivity contribution in [2.24, 2.45) is 0 Å². The van der Waals surface area contributed by atoms with Crippen molar-refractivity contribution < 1.29 is 10.2 Å². The predicted molar refractivity (Wildman–Crippen MR) is 113 cm³/mol. The Balaban J connectivity index is 0.00000182. The van der Waals surface area contributed by atoms with Gasteiger partial charge in [-0.15, -0.1) is 24.8 Å². The molecule has 0 unspecified atom stereocenters. The van der Waals surface area contributed by atoms with Crippen molar-refractivity contribution in [3.05, 3.63) is 11.2 Å². The van der Waals surface area contributed by atoms with Gasteiger partial charge in [-0.3, -0.25) is 9.80 Å². The molecule has 11 heteroatoms. The highest BCUT2D eigenvalue weighted by atomic mass is 35.5. The average molecular weight is 444 g/mol. The first-order chi connectivity index (χ1) is 12.2. The molecule has 0 amide bonds. The molecular weight excluding hydrogens is 415 g/mol. The second-order valence-corrected chi connectivity index (χ2v) is 6.84. The summed E-state index contributed by atoms with van der Waals surface area (Å²) in [5.41, 5.74) is 0. The molecule has 0 atom stereocenters. The summed E-state index contributed by atoms with van der Waals surface area (Å²) in [5.74, 6) is 1.56. The van der Waals surface area contributed by atoms with Gasteiger partial charge in [-0.25, -0.2) is 4.98 Å². The Labute approximate surface area is 177 Å². The molecule has 2 aliphatic heterocycles. The third-order valence-electron chi connectivity index (χ3n) is 4.85. The zero-order valence-electron chi connectivity index (χ0n) is 15.3. The minimum atomic E-state index is 0. The van der Waals surface area contributed by atoms with Crippen LogP contribution >= 0.6 is 36.4 Å². The van der Waals surface area contributed by atoms with E-state index in [9.17, 15) is 0 Å². The Morgan fingerprint density at radius 2 is 1.26 bits per heavy atom. The van der Waals surface area contributed by atoms with E-state index in [-0.39, 0.29) is 38.0 Å². The predicted octanol–water partition coefficient (Wildman–Crippen LogP) is 0.202. The Hall–Kier alpha value is -0.610. The van der Waals surface area contributed by atoms with Crippen LogP contribution in [-0.2, 0) is 0 Å². The molecule has 1 aromatic heterocycles. The molecule has 0 bridgehead atoms. The summed E-state index contributed by atoms with van der Waals surface area (Å²) >= 11 is 6.25. The van der Waals surface area contributed by atoms with Crippen molar-refractivity contribution in [1.82, 2.24) is 19.8 Å². The van der Waals surface area contributed by atoms with Crippen molar-refractivity contribution in [3.63, 3.8) is 0 Å². The molecule has 2 fully saturated rings. The number of anilines is 2. The zero-order chi connectivity index (χ0) is 17.6. The van der Waals surface area contributed by atoms with E-state index in [0.29, 0.717) is 17.6 Å². The third-order valence-corrected chi connectivity index (χ3v) is 5.05. The number of hydrogen-bond acceptors (Lipinski definition) is 8. The summed E-state index contributed by atoms with van der Waals surface area (Å²) in [7, 11) is 0. The van der Waals surface area contributed by atoms with E-state index >= 15 is 0 Å². The van der Waals surface area contributed by atoms with Crippen molar-refractivity contribution in [2.75, 3.05) is 88.5 Å². The maximum absolute atomic E-state index is 9.05. The van der Waals surface area contributed by atoms with E-state index in [1.165, 1.54) is 0 Å². The maximum atomic E-state index is 9.05. The van der Waals surface area contributed by atoms with Crippen molar-refractivity contribution in [1.29, 1.82) is 0 Å². The van der Waals surface area contributed by atoms with E-state index in [1.54, 1.807) is 0 Å². The average Bonchev–Trinajstić information content (AvgIpc) is 2.63. The van der Waals surface area contributed by atoms with Crippen LogP contribution in [0.25, 0.3) is 0 Å². The molecule has 3 rings (SSSR count). The van der Waals surface area contributed by atoms with Crippen molar-refractivity contribution in [2.45, 2.75) is 0 Å². The number of nitrogens with zero attached hydrogens (tertiary/aromatic N) is 6. The summed E-state index contributed by atoms with van der Waals surface area (Å²) in [6.45, 7) is 8.87. The van der Waals surface area contributed by atoms with Crippen molar-refractivity contribution in [3.8, 4) is 0 Å². The standard InChI is InChI=1S/C16H27ClN6O2.2ClH/c17-14-13-15(22-5-1-20(2-6-22)9-11-24)19-16(18-14)23-7-3-21(4-8-23)10-12-25;;/h13,24-25H,1-12H2;2*1H. The van der Waals surface area contributed by atoms with Gasteiger partial charge in [-0.1, -0.05) is 11.6 Å². The fraction of sp³-hybridized carbons (Fsp3) is 0.750. The Kier molecular flexibility index (Phi) is 10.9. The van der Waals surface area contributed by atoms with E-state index < -0.39 is 0 Å². The fourth-order valence-electron chi connectivity index (χ4n) is 3.35. The molecule has 3 heterocycles. The third kappa shape index (κ3) is 6.74. The molecule has 1 aromatic rings. The summed E-state index contributed by atoms with van der Waals surface area (Å²) in [6, 6.07) is 1.83. The van der Waals surface area contributed by atoms with E-state index in [2.05, 4.69) is 24.6 Å². The normalized spacial score (nSPS) is 18.8. The lowest BCUT2D eigenvalue weighted by Gasteiger charge is -2.36. The number of aliphatic hydroxyl groups is 2. The van der Waals surface area contributed by atoms with Crippen LogP contribution in [0.3, 0.4) is 0 Å². The van der Waals surface area contributed by atoms with Gasteiger partial charge in [-0.05, 0) is 0 Å². The SMILES string of the molecule is Cl.Cl.OCCN1CCN(c2cc(Cl)nc(N3CCN(CCO)CC3)n2)CC1. The summed E-state index contributed by atoms with van der Waals surface area (Å²) in [4.78, 5) is 18.0. The number of halogens is 3. The molecule has 27 heavy (non-hydrogen) atoms. The van der Waals surface area contributed by atoms with Crippen LogP contribution in [0.5, 0.6) is 0 Å². The quantitative estimate of drug-likeness (QED) is 0.604. The number of β-amino-alcohol motifs (C(OH)–C–C–N with tert-alkyl or cyclic N) is 2. The van der Waals surface area contributed by atoms with Crippen LogP contribution in [0, 0.1) is 0 Å². The van der Waals surface area contributed by atoms with Crippen LogP contribution in [0.1, 0.15) is 0 Å². The van der Waals surface area contributed by atoms with Gasteiger partial charge in [0.15, 0.2) is 0 Å². The molecule has 0 aromatic carbocycles. The monoisotopic (exact) mass is 442 g/mol. The van der Waals surface area contributed by atoms with Crippen LogP contribution in [0.2, 0.25) is 5.15 Å². The number of hydrogen-bond donors (Lipinski definition) is 2. The van der Waals surface area contributed by atoms with Gasteiger partial charge >= 0.3 is 0 Å². The lowest BCUT2D eigenvalue weighted by atomic mass is 10.3. The summed E-state index contributed by atoms with van der Waals surface area (Å²) in [6.07, 6.45) is 0. The maximum Gasteiger partial charge on any atom is 0.228 e. The van der Waals surface area contributed by atoms with Crippen LogP contribution in [-0.4, -0.2) is 109 Å². The van der Waals surface area contributed by atoms with Crippen LogP contribution < -0.4 is 9.80 Å². The van der Waals surface area contributed by atoms with Gasteiger partial charge in [0, 0.05) is 71.5 Å². The molecule has 0 radical (unpaired) electrons. The van der Waals surface area contributed by atoms with Crippen LogP contribution in [0.4, 0.5) is 11.8 Å². The molecule has 8 nitrogen and oxygen atoms in total. The highest BCUT2D eigenvalue weighted by molar-refractivity contribution is 6.29. The number of rotatable bonds is 6. The van der Waals surface area contributed by atoms with Gasteiger partial charge in [0.1, 0.15) is 11.0 Å². The first-order valence-corrected chi connectivity index (χ1v) is 9.28. The van der Waals surface area contributed by atoms with E-state index in [0.717, 1.165) is 64.7 Å². The molecule has 2 N–H and O–H groups in total. The first kappa shape index (κ1) is 24.4. The van der Waals surface area contributed by atoms with E-state index in [4.69, 9.17) is 26.8 Å². The fourth-order valence-corrected chi connectivity index (χ4v) is 3.53. The van der Waals surface area contributed by atoms with Gasteiger partial charge in [-0.2, -0.15) is 4.98 Å². The van der Waals surface area contributed by atoms with Crippen LogP contribution in [0.15, 0.2) is 6.07 Å². The minimum absolute atomic E-state index is 0. The van der Waals surface area contributed by atoms with Gasteiger partial charge in [0.25, 0.3) is 0 Å². The number of aliphatic hydroxyl groups excluding tert-OH is 2. The molecule has 2 aliphatic rings.